The Bertz CT molecular complexity index is 965. The number of amides is 1. The fraction of sp³-hybridized carbons (Fsp3) is 0.278. The second kappa shape index (κ2) is 8.33. The molecule has 1 atom stereocenters. The van der Waals surface area contributed by atoms with Gasteiger partial charge in [-0.05, 0) is 43.2 Å². The highest BCUT2D eigenvalue weighted by molar-refractivity contribution is 7.89. The van der Waals surface area contributed by atoms with Crippen LogP contribution in [0.5, 0.6) is 0 Å². The van der Waals surface area contributed by atoms with E-state index in [0.717, 1.165) is 18.2 Å². The number of nitrogens with one attached hydrogen (secondary N) is 2. The van der Waals surface area contributed by atoms with Gasteiger partial charge in [0.15, 0.2) is 11.6 Å². The van der Waals surface area contributed by atoms with E-state index in [2.05, 4.69) is 10.0 Å². The summed E-state index contributed by atoms with van der Waals surface area (Å²) in [7, 11) is -3.86. The molecule has 0 aliphatic heterocycles. The first-order valence-corrected chi connectivity index (χ1v) is 9.95. The van der Waals surface area contributed by atoms with Crippen LogP contribution in [0.1, 0.15) is 31.1 Å². The molecule has 2 aromatic carbocycles. The average Bonchev–Trinajstić information content (AvgIpc) is 2.57. The van der Waals surface area contributed by atoms with Crippen molar-refractivity contribution in [3.63, 3.8) is 0 Å². The van der Waals surface area contributed by atoms with Gasteiger partial charge in [0.2, 0.25) is 10.0 Å². The number of halogens is 3. The number of rotatable bonds is 6. The maximum atomic E-state index is 13.3. The van der Waals surface area contributed by atoms with Gasteiger partial charge in [0.1, 0.15) is 0 Å². The molecule has 2 aromatic rings. The van der Waals surface area contributed by atoms with Crippen molar-refractivity contribution in [1.29, 1.82) is 0 Å². The molecule has 0 heterocycles. The zero-order valence-corrected chi connectivity index (χ0v) is 16.5. The summed E-state index contributed by atoms with van der Waals surface area (Å²) in [5.41, 5.74) is -0.101. The third-order valence-corrected chi connectivity index (χ3v) is 5.90. The molecule has 0 radical (unpaired) electrons. The Morgan fingerprint density at radius 3 is 2.30 bits per heavy atom. The van der Waals surface area contributed by atoms with Gasteiger partial charge in [-0.2, -0.15) is 0 Å². The molecule has 0 aromatic heterocycles. The maximum Gasteiger partial charge on any atom is 0.257 e. The van der Waals surface area contributed by atoms with Gasteiger partial charge in [-0.25, -0.2) is 21.9 Å². The summed E-state index contributed by atoms with van der Waals surface area (Å²) in [5.74, 6) is -2.85. The highest BCUT2D eigenvalue weighted by Gasteiger charge is 2.22. The number of sulfonamides is 1. The van der Waals surface area contributed by atoms with Crippen LogP contribution >= 0.6 is 11.6 Å². The summed E-state index contributed by atoms with van der Waals surface area (Å²) in [5, 5.41) is 2.38. The van der Waals surface area contributed by atoms with Crippen molar-refractivity contribution < 1.29 is 22.0 Å². The Morgan fingerprint density at radius 2 is 1.70 bits per heavy atom. The van der Waals surface area contributed by atoms with Crippen molar-refractivity contribution in [2.75, 3.05) is 5.32 Å². The largest absolute Gasteiger partial charge is 0.322 e. The van der Waals surface area contributed by atoms with Crippen LogP contribution in [0.2, 0.25) is 5.02 Å². The first-order chi connectivity index (χ1) is 12.5. The second-order valence-electron chi connectivity index (χ2n) is 6.38. The zero-order valence-electron chi connectivity index (χ0n) is 14.9. The number of hydrogen-bond donors (Lipinski definition) is 2. The molecule has 0 aliphatic carbocycles. The lowest BCUT2D eigenvalue weighted by Crippen LogP contribution is -2.36. The molecule has 27 heavy (non-hydrogen) atoms. The summed E-state index contributed by atoms with van der Waals surface area (Å²) >= 11 is 6.01. The molecule has 146 valence electrons. The minimum absolute atomic E-state index is 0.00906. The molecule has 0 spiro atoms. The monoisotopic (exact) mass is 416 g/mol. The van der Waals surface area contributed by atoms with E-state index < -0.39 is 27.6 Å². The molecular formula is C18H19ClF2N2O3S. The predicted octanol–water partition coefficient (Wildman–Crippen LogP) is 4.19. The molecule has 0 unspecified atom stereocenters. The smallest absolute Gasteiger partial charge is 0.257 e. The van der Waals surface area contributed by atoms with E-state index in [1.165, 1.54) is 18.2 Å². The Labute approximate surface area is 161 Å². The standard InChI is InChI=1S/C18H19ClF2N2O3S/c1-10(2)11(3)23-27(25,26)13-5-6-15(19)14(9-13)18(24)22-12-4-7-16(20)17(21)8-12/h4-11,23H,1-3H3,(H,22,24)/t11-/m1/s1. The minimum atomic E-state index is -3.86. The van der Waals surface area contributed by atoms with Crippen LogP contribution in [0.4, 0.5) is 14.5 Å². The van der Waals surface area contributed by atoms with E-state index in [9.17, 15) is 22.0 Å². The van der Waals surface area contributed by atoms with E-state index in [0.29, 0.717) is 0 Å². The molecule has 0 bridgehead atoms. The molecule has 2 rings (SSSR count). The first kappa shape index (κ1) is 21.3. The Hall–Kier alpha value is -2.03. The van der Waals surface area contributed by atoms with Gasteiger partial charge >= 0.3 is 0 Å². The molecule has 2 N–H and O–H groups in total. The molecule has 0 aliphatic rings. The second-order valence-corrected chi connectivity index (χ2v) is 8.50. The van der Waals surface area contributed by atoms with Gasteiger partial charge in [-0.3, -0.25) is 4.79 Å². The lowest BCUT2D eigenvalue weighted by atomic mass is 10.1. The fourth-order valence-electron chi connectivity index (χ4n) is 2.07. The SMILES string of the molecule is CC(C)[C@@H](C)NS(=O)(=O)c1ccc(Cl)c(C(=O)Nc2ccc(F)c(F)c2)c1. The number of carbonyl (C=O) groups excluding carboxylic acids is 1. The summed E-state index contributed by atoms with van der Waals surface area (Å²) < 4.78 is 53.8. The summed E-state index contributed by atoms with van der Waals surface area (Å²) in [6.45, 7) is 5.47. The maximum absolute atomic E-state index is 13.3. The van der Waals surface area contributed by atoms with Gasteiger partial charge in [0.25, 0.3) is 5.91 Å². The van der Waals surface area contributed by atoms with Crippen LogP contribution < -0.4 is 10.0 Å². The number of anilines is 1. The molecule has 0 fully saturated rings. The fourth-order valence-corrected chi connectivity index (χ4v) is 3.69. The van der Waals surface area contributed by atoms with Crippen LogP contribution in [0.3, 0.4) is 0 Å². The first-order valence-electron chi connectivity index (χ1n) is 8.09. The highest BCUT2D eigenvalue weighted by atomic mass is 35.5. The van der Waals surface area contributed by atoms with Crippen LogP contribution in [-0.2, 0) is 10.0 Å². The predicted molar refractivity (Wildman–Crippen MR) is 100 cm³/mol. The van der Waals surface area contributed by atoms with Gasteiger partial charge in [-0.15, -0.1) is 0 Å². The van der Waals surface area contributed by atoms with Crippen LogP contribution in [-0.4, -0.2) is 20.4 Å². The zero-order chi connectivity index (χ0) is 20.4. The Kier molecular flexibility index (Phi) is 6.56. The van der Waals surface area contributed by atoms with Crippen molar-refractivity contribution in [3.05, 3.63) is 58.6 Å². The number of benzene rings is 2. The van der Waals surface area contributed by atoms with Gasteiger partial charge < -0.3 is 5.32 Å². The summed E-state index contributed by atoms with van der Waals surface area (Å²) in [6.07, 6.45) is 0. The van der Waals surface area contributed by atoms with Crippen molar-refractivity contribution in [2.24, 2.45) is 5.92 Å². The van der Waals surface area contributed by atoms with E-state index in [1.54, 1.807) is 6.92 Å². The minimum Gasteiger partial charge on any atom is -0.322 e. The van der Waals surface area contributed by atoms with Gasteiger partial charge in [0, 0.05) is 17.8 Å². The van der Waals surface area contributed by atoms with Crippen molar-refractivity contribution in [1.82, 2.24) is 4.72 Å². The third-order valence-electron chi connectivity index (χ3n) is 4.01. The van der Waals surface area contributed by atoms with E-state index in [-0.39, 0.29) is 33.1 Å². The summed E-state index contributed by atoms with van der Waals surface area (Å²) in [4.78, 5) is 12.3. The molecule has 0 saturated heterocycles. The molecule has 9 heteroatoms. The number of carbonyl (C=O) groups is 1. The lowest BCUT2D eigenvalue weighted by Gasteiger charge is -2.18. The van der Waals surface area contributed by atoms with E-state index in [1.807, 2.05) is 13.8 Å². The normalized spacial score (nSPS) is 12.9. The quantitative estimate of drug-likeness (QED) is 0.741. The highest BCUT2D eigenvalue weighted by Crippen LogP contribution is 2.23. The van der Waals surface area contributed by atoms with E-state index >= 15 is 0 Å². The summed E-state index contributed by atoms with van der Waals surface area (Å²) in [6, 6.07) is 6.25. The average molecular weight is 417 g/mol. The van der Waals surface area contributed by atoms with E-state index in [4.69, 9.17) is 11.6 Å². The topological polar surface area (TPSA) is 75.3 Å². The lowest BCUT2D eigenvalue weighted by molar-refractivity contribution is 0.102. The third kappa shape index (κ3) is 5.24. The van der Waals surface area contributed by atoms with Crippen LogP contribution in [0.25, 0.3) is 0 Å². The molecular weight excluding hydrogens is 398 g/mol. The van der Waals surface area contributed by atoms with Gasteiger partial charge in [0.05, 0.1) is 15.5 Å². The van der Waals surface area contributed by atoms with Crippen molar-refractivity contribution >= 4 is 33.2 Å². The van der Waals surface area contributed by atoms with Crippen LogP contribution in [0, 0.1) is 17.6 Å². The molecule has 5 nitrogen and oxygen atoms in total. The Morgan fingerprint density at radius 1 is 1.04 bits per heavy atom. The van der Waals surface area contributed by atoms with Crippen molar-refractivity contribution in [2.45, 2.75) is 31.7 Å². The molecule has 0 saturated carbocycles. The van der Waals surface area contributed by atoms with Gasteiger partial charge in [-0.1, -0.05) is 25.4 Å². The van der Waals surface area contributed by atoms with Crippen molar-refractivity contribution in [3.8, 4) is 0 Å². The Balaban J connectivity index is 2.31. The number of hydrogen-bond acceptors (Lipinski definition) is 3. The molecule has 1 amide bonds. The van der Waals surface area contributed by atoms with Crippen LogP contribution in [0.15, 0.2) is 41.3 Å².